The molecule has 0 aliphatic heterocycles. The molecule has 24 heavy (non-hydrogen) atoms. The number of carbonyl (C=O) groups is 1. The van der Waals surface area contributed by atoms with Crippen LogP contribution in [-0.4, -0.2) is 31.8 Å². The molecular weight excluding hydrogens is 340 g/mol. The molecular formula is C12H8N6O5S. The minimum atomic E-state index is -0.765. The van der Waals surface area contributed by atoms with E-state index in [1.165, 1.54) is 6.07 Å². The molecule has 0 unspecified atom stereocenters. The highest BCUT2D eigenvalue weighted by molar-refractivity contribution is 7.99. The first-order chi connectivity index (χ1) is 11.4. The fourth-order valence-electron chi connectivity index (χ4n) is 1.60. The number of nitro groups is 1. The molecule has 1 aromatic carbocycles. The predicted molar refractivity (Wildman–Crippen MR) is 82.6 cm³/mol. The Morgan fingerprint density at radius 2 is 2.21 bits per heavy atom. The zero-order chi connectivity index (χ0) is 17.7. The monoisotopic (exact) mass is 348 g/mol. The Balaban J connectivity index is 2.07. The molecule has 12 heteroatoms. The van der Waals surface area contributed by atoms with Gasteiger partial charge in [0.05, 0.1) is 21.9 Å². The number of hydrogen-bond donors (Lipinski definition) is 3. The average molecular weight is 348 g/mol. The largest absolute Gasteiger partial charge is 0.342 e. The summed E-state index contributed by atoms with van der Waals surface area (Å²) >= 11 is 0.776. The molecule has 122 valence electrons. The zero-order valence-corrected chi connectivity index (χ0v) is 12.5. The van der Waals surface area contributed by atoms with Crippen LogP contribution < -0.4 is 16.6 Å². The van der Waals surface area contributed by atoms with Crippen molar-refractivity contribution < 1.29 is 9.72 Å². The van der Waals surface area contributed by atoms with E-state index < -0.39 is 22.1 Å². The van der Waals surface area contributed by atoms with E-state index >= 15 is 0 Å². The summed E-state index contributed by atoms with van der Waals surface area (Å²) < 4.78 is 0. The van der Waals surface area contributed by atoms with Gasteiger partial charge in [0.2, 0.25) is 5.91 Å². The molecule has 0 aliphatic rings. The summed E-state index contributed by atoms with van der Waals surface area (Å²) in [6.45, 7) is 0. The first-order valence-corrected chi connectivity index (χ1v) is 7.19. The number of aromatic nitrogens is 3. The second-order valence-electron chi connectivity index (χ2n) is 4.25. The minimum Gasteiger partial charge on any atom is -0.324 e. The second kappa shape index (κ2) is 7.20. The number of rotatable bonds is 5. The maximum Gasteiger partial charge on any atom is 0.342 e. The molecule has 11 nitrogen and oxygen atoms in total. The van der Waals surface area contributed by atoms with Crippen molar-refractivity contribution in [1.82, 2.24) is 15.2 Å². The number of hydrogen-bond acceptors (Lipinski definition) is 8. The van der Waals surface area contributed by atoms with E-state index in [0.29, 0.717) is 0 Å². The van der Waals surface area contributed by atoms with Crippen LogP contribution in [-0.2, 0) is 4.79 Å². The molecule has 3 N–H and O–H groups in total. The lowest BCUT2D eigenvalue weighted by atomic mass is 10.1. The van der Waals surface area contributed by atoms with Crippen LogP contribution in [0.2, 0.25) is 0 Å². The van der Waals surface area contributed by atoms with Gasteiger partial charge in [0.25, 0.3) is 11.2 Å². The van der Waals surface area contributed by atoms with Gasteiger partial charge in [0.1, 0.15) is 6.07 Å². The first kappa shape index (κ1) is 16.9. The number of nitro benzene ring substituents is 1. The molecule has 0 saturated carbocycles. The van der Waals surface area contributed by atoms with Crippen LogP contribution >= 0.6 is 11.8 Å². The first-order valence-electron chi connectivity index (χ1n) is 6.21. The third kappa shape index (κ3) is 4.05. The van der Waals surface area contributed by atoms with Crippen molar-refractivity contribution in [3.63, 3.8) is 0 Å². The van der Waals surface area contributed by atoms with Gasteiger partial charge < -0.3 is 5.32 Å². The number of carbonyl (C=O) groups excluding carboxylic acids is 1. The Hall–Kier alpha value is -3.46. The Bertz CT molecular complexity index is 959. The number of anilines is 1. The van der Waals surface area contributed by atoms with Crippen molar-refractivity contribution in [2.75, 3.05) is 11.1 Å². The van der Waals surface area contributed by atoms with Crippen LogP contribution in [0.4, 0.5) is 11.4 Å². The van der Waals surface area contributed by atoms with E-state index in [4.69, 9.17) is 5.26 Å². The summed E-state index contributed by atoms with van der Waals surface area (Å²) in [5.41, 5.74) is -1.73. The SMILES string of the molecule is N#Cc1cc([N+](=O)[O-])ccc1NC(=O)CSc1n[nH]c(=O)[nH]c1=O. The van der Waals surface area contributed by atoms with E-state index in [1.54, 1.807) is 6.07 Å². The number of benzene rings is 1. The molecule has 0 bridgehead atoms. The van der Waals surface area contributed by atoms with E-state index in [0.717, 1.165) is 23.9 Å². The van der Waals surface area contributed by atoms with E-state index in [9.17, 15) is 24.5 Å². The third-order valence-corrected chi connectivity index (χ3v) is 3.59. The molecule has 0 aliphatic carbocycles. The maximum absolute atomic E-state index is 11.9. The summed E-state index contributed by atoms with van der Waals surface area (Å²) in [5.74, 6) is -0.776. The minimum absolute atomic E-state index is 0.0671. The van der Waals surface area contributed by atoms with Crippen LogP contribution in [0.3, 0.4) is 0 Å². The normalized spacial score (nSPS) is 9.96. The molecule has 2 aromatic rings. The van der Waals surface area contributed by atoms with Crippen LogP contribution in [0, 0.1) is 21.4 Å². The summed E-state index contributed by atoms with van der Waals surface area (Å²) in [7, 11) is 0. The summed E-state index contributed by atoms with van der Waals surface area (Å²) in [5, 5.41) is 27.5. The molecule has 1 heterocycles. The number of nitriles is 1. The van der Waals surface area contributed by atoms with Crippen molar-refractivity contribution in [3.8, 4) is 6.07 Å². The lowest BCUT2D eigenvalue weighted by molar-refractivity contribution is -0.384. The number of nitrogens with one attached hydrogen (secondary N) is 3. The van der Waals surface area contributed by atoms with Crippen molar-refractivity contribution >= 4 is 29.0 Å². The number of H-pyrrole nitrogens is 2. The lowest BCUT2D eigenvalue weighted by Crippen LogP contribution is -2.25. The van der Waals surface area contributed by atoms with Gasteiger partial charge in [-0.2, -0.15) is 10.4 Å². The van der Waals surface area contributed by atoms with Crippen LogP contribution in [0.1, 0.15) is 5.56 Å². The Labute approximate surface area is 136 Å². The molecule has 1 amide bonds. The number of aromatic amines is 2. The van der Waals surface area contributed by atoms with Gasteiger partial charge in [-0.25, -0.2) is 9.89 Å². The van der Waals surface area contributed by atoms with Crippen molar-refractivity contribution in [2.24, 2.45) is 0 Å². The molecule has 0 spiro atoms. The Kier molecular flexibility index (Phi) is 5.07. The van der Waals surface area contributed by atoms with E-state index in [1.807, 2.05) is 10.1 Å². The van der Waals surface area contributed by atoms with Crippen molar-refractivity contribution in [2.45, 2.75) is 5.03 Å². The average Bonchev–Trinajstić information content (AvgIpc) is 2.54. The summed E-state index contributed by atoms with van der Waals surface area (Å²) in [4.78, 5) is 46.1. The summed E-state index contributed by atoms with van der Waals surface area (Å²) in [6.07, 6.45) is 0. The van der Waals surface area contributed by atoms with Gasteiger partial charge in [-0.15, -0.1) is 0 Å². The zero-order valence-electron chi connectivity index (χ0n) is 11.7. The molecule has 0 fully saturated rings. The van der Waals surface area contributed by atoms with E-state index in [-0.39, 0.29) is 27.7 Å². The summed E-state index contributed by atoms with van der Waals surface area (Å²) in [6, 6.07) is 5.18. The third-order valence-electron chi connectivity index (χ3n) is 2.63. The number of nitrogens with zero attached hydrogens (tertiary/aromatic N) is 3. The fraction of sp³-hybridized carbons (Fsp3) is 0.0833. The maximum atomic E-state index is 11.9. The molecule has 1 aromatic heterocycles. The Morgan fingerprint density at radius 3 is 2.83 bits per heavy atom. The van der Waals surface area contributed by atoms with Crippen LogP contribution in [0.25, 0.3) is 0 Å². The van der Waals surface area contributed by atoms with E-state index in [2.05, 4.69) is 10.4 Å². The van der Waals surface area contributed by atoms with Gasteiger partial charge >= 0.3 is 5.69 Å². The highest BCUT2D eigenvalue weighted by Gasteiger charge is 2.13. The predicted octanol–water partition coefficient (Wildman–Crippen LogP) is -0.0311. The highest BCUT2D eigenvalue weighted by Crippen LogP contribution is 2.21. The lowest BCUT2D eigenvalue weighted by Gasteiger charge is -2.06. The van der Waals surface area contributed by atoms with Gasteiger partial charge in [0.15, 0.2) is 5.03 Å². The van der Waals surface area contributed by atoms with Crippen LogP contribution in [0.15, 0.2) is 32.8 Å². The molecule has 0 atom stereocenters. The second-order valence-corrected chi connectivity index (χ2v) is 5.21. The standard InChI is InChI=1S/C12H8N6O5S/c13-4-6-3-7(18(22)23)1-2-8(6)14-9(19)5-24-11-10(20)15-12(21)17-16-11/h1-3H,5H2,(H,14,19)(H2,15,17,20,21). The molecule has 0 saturated heterocycles. The molecule has 0 radical (unpaired) electrons. The number of amides is 1. The van der Waals surface area contributed by atoms with Crippen molar-refractivity contribution in [3.05, 3.63) is 54.7 Å². The van der Waals surface area contributed by atoms with Gasteiger partial charge in [-0.05, 0) is 6.07 Å². The molecule has 2 rings (SSSR count). The Morgan fingerprint density at radius 1 is 1.46 bits per heavy atom. The number of non-ortho nitro benzene ring substituents is 1. The van der Waals surface area contributed by atoms with Gasteiger partial charge in [0, 0.05) is 12.1 Å². The van der Waals surface area contributed by atoms with Crippen molar-refractivity contribution in [1.29, 1.82) is 5.26 Å². The topological polar surface area (TPSA) is 175 Å². The fourth-order valence-corrected chi connectivity index (χ4v) is 2.23. The number of thioether (sulfide) groups is 1. The van der Waals surface area contributed by atoms with Gasteiger partial charge in [-0.3, -0.25) is 24.7 Å². The van der Waals surface area contributed by atoms with Crippen LogP contribution in [0.5, 0.6) is 0 Å². The smallest absolute Gasteiger partial charge is 0.324 e. The quantitative estimate of drug-likeness (QED) is 0.383. The highest BCUT2D eigenvalue weighted by atomic mass is 32.2. The van der Waals surface area contributed by atoms with Gasteiger partial charge in [-0.1, -0.05) is 11.8 Å².